The van der Waals surface area contributed by atoms with Gasteiger partial charge in [0.25, 0.3) is 0 Å². The number of nitrogens with zero attached hydrogens (tertiary/aromatic N) is 2. The van der Waals surface area contributed by atoms with Gasteiger partial charge < -0.3 is 5.73 Å². The van der Waals surface area contributed by atoms with Crippen LogP contribution in [0.5, 0.6) is 0 Å². The largest absolute Gasteiger partial charge is 0.416 e. The Morgan fingerprint density at radius 2 is 2.14 bits per heavy atom. The summed E-state index contributed by atoms with van der Waals surface area (Å²) in [5.74, 6) is -0.656. The van der Waals surface area contributed by atoms with Crippen LogP contribution in [0.15, 0.2) is 41.6 Å². The van der Waals surface area contributed by atoms with E-state index in [0.29, 0.717) is 0 Å². The number of nitrogens with one attached hydrogen (secondary N) is 2. The Bertz CT molecular complexity index is 686. The fourth-order valence-corrected chi connectivity index (χ4v) is 1.76. The molecule has 1 aliphatic heterocycles. The third-order valence-electron chi connectivity index (χ3n) is 2.65. The van der Waals surface area contributed by atoms with Crippen molar-refractivity contribution in [3.05, 3.63) is 42.1 Å². The van der Waals surface area contributed by atoms with Crippen molar-refractivity contribution in [3.63, 3.8) is 0 Å². The van der Waals surface area contributed by atoms with Crippen LogP contribution >= 0.6 is 12.2 Å². The van der Waals surface area contributed by atoms with Crippen molar-refractivity contribution in [2.24, 2.45) is 10.8 Å². The summed E-state index contributed by atoms with van der Waals surface area (Å²) < 4.78 is 37.8. The van der Waals surface area contributed by atoms with Gasteiger partial charge in [0, 0.05) is 0 Å². The fourth-order valence-electron chi connectivity index (χ4n) is 1.63. The molecule has 1 fully saturated rings. The molecule has 0 unspecified atom stereocenters. The number of anilines is 1. The summed E-state index contributed by atoms with van der Waals surface area (Å²) in [7, 11) is 0. The first-order valence-electron chi connectivity index (χ1n) is 5.81. The molecule has 1 aromatic carbocycles. The van der Waals surface area contributed by atoms with Crippen LogP contribution < -0.4 is 16.6 Å². The molecule has 1 saturated heterocycles. The first kappa shape index (κ1) is 15.8. The summed E-state index contributed by atoms with van der Waals surface area (Å²) in [5.41, 5.74) is 9.41. The molecule has 0 bridgehead atoms. The number of benzene rings is 1. The van der Waals surface area contributed by atoms with Gasteiger partial charge >= 0.3 is 12.1 Å². The lowest BCUT2D eigenvalue weighted by atomic mass is 10.2. The number of rotatable bonds is 2. The second-order valence-corrected chi connectivity index (χ2v) is 4.64. The van der Waals surface area contributed by atoms with E-state index in [1.54, 1.807) is 0 Å². The molecule has 1 amide bonds. The monoisotopic (exact) mass is 329 g/mol. The standard InChI is InChI=1S/C12H10F3N5OS/c1-6-9(10(21)20(19-6)11(16)22)18-17-8-4-2-3-7(5-8)12(13,14)15/h2-5,17,19H,1H2,(H2,16,22). The average molecular weight is 329 g/mol. The quantitative estimate of drug-likeness (QED) is 0.567. The number of hydrogen-bond acceptors (Lipinski definition) is 5. The Morgan fingerprint density at radius 3 is 2.68 bits per heavy atom. The Balaban J connectivity index is 2.20. The highest BCUT2D eigenvalue weighted by atomic mass is 32.1. The maximum Gasteiger partial charge on any atom is 0.416 e. The van der Waals surface area contributed by atoms with Crippen molar-refractivity contribution in [1.29, 1.82) is 0 Å². The van der Waals surface area contributed by atoms with Gasteiger partial charge in [-0.25, -0.2) is 0 Å². The van der Waals surface area contributed by atoms with E-state index in [9.17, 15) is 18.0 Å². The van der Waals surface area contributed by atoms with Crippen molar-refractivity contribution in [3.8, 4) is 0 Å². The number of hydrazine groups is 1. The van der Waals surface area contributed by atoms with Gasteiger partial charge in [0.1, 0.15) is 0 Å². The number of halogens is 3. The third-order valence-corrected chi connectivity index (χ3v) is 2.83. The van der Waals surface area contributed by atoms with E-state index in [4.69, 9.17) is 5.73 Å². The number of hydrogen-bond donors (Lipinski definition) is 3. The molecule has 0 aromatic heterocycles. The van der Waals surface area contributed by atoms with Crippen LogP contribution in [0.2, 0.25) is 0 Å². The molecule has 22 heavy (non-hydrogen) atoms. The number of thiocarbonyl (C=S) groups is 1. The van der Waals surface area contributed by atoms with Gasteiger partial charge in [-0.3, -0.25) is 15.6 Å². The molecule has 0 radical (unpaired) electrons. The van der Waals surface area contributed by atoms with E-state index in [2.05, 4.69) is 34.7 Å². The number of carbonyl (C=O) groups is 1. The van der Waals surface area contributed by atoms with E-state index in [0.717, 1.165) is 17.1 Å². The average Bonchev–Trinajstić information content (AvgIpc) is 2.71. The molecule has 0 spiro atoms. The summed E-state index contributed by atoms with van der Waals surface area (Å²) in [6.07, 6.45) is -4.47. The minimum atomic E-state index is -4.47. The van der Waals surface area contributed by atoms with Gasteiger partial charge in [-0.15, -0.1) is 0 Å². The molecule has 1 aliphatic rings. The van der Waals surface area contributed by atoms with Gasteiger partial charge in [0.2, 0.25) is 0 Å². The topological polar surface area (TPSA) is 82.8 Å². The number of amides is 1. The molecular weight excluding hydrogens is 319 g/mol. The first-order chi connectivity index (χ1) is 10.2. The summed E-state index contributed by atoms with van der Waals surface area (Å²) >= 11 is 4.65. The van der Waals surface area contributed by atoms with E-state index in [1.165, 1.54) is 12.1 Å². The number of carbonyl (C=O) groups excluding carboxylic acids is 1. The highest BCUT2D eigenvalue weighted by Crippen LogP contribution is 2.30. The molecule has 4 N–H and O–H groups in total. The van der Waals surface area contributed by atoms with Crippen LogP contribution in [0.4, 0.5) is 18.9 Å². The summed E-state index contributed by atoms with van der Waals surface area (Å²) in [5, 5.41) is 4.37. The molecule has 10 heteroatoms. The van der Waals surface area contributed by atoms with Crippen LogP contribution in [-0.2, 0) is 11.0 Å². The molecule has 6 nitrogen and oxygen atoms in total. The Kier molecular flexibility index (Phi) is 4.04. The summed E-state index contributed by atoms with van der Waals surface area (Å²) in [6, 6.07) is 4.38. The smallest absolute Gasteiger partial charge is 0.374 e. The van der Waals surface area contributed by atoms with E-state index < -0.39 is 17.6 Å². The van der Waals surface area contributed by atoms with Crippen molar-refractivity contribution in [2.75, 3.05) is 5.43 Å². The van der Waals surface area contributed by atoms with Crippen LogP contribution in [0, 0.1) is 0 Å². The maximum atomic E-state index is 12.6. The van der Waals surface area contributed by atoms with Crippen molar-refractivity contribution in [2.45, 2.75) is 6.18 Å². The minimum absolute atomic E-state index is 0.0664. The molecule has 116 valence electrons. The lowest BCUT2D eigenvalue weighted by Gasteiger charge is -2.11. The fraction of sp³-hybridized carbons (Fsp3) is 0.0833. The molecule has 0 atom stereocenters. The second kappa shape index (κ2) is 5.64. The highest BCUT2D eigenvalue weighted by Gasteiger charge is 2.33. The van der Waals surface area contributed by atoms with Gasteiger partial charge in [0.05, 0.1) is 16.9 Å². The van der Waals surface area contributed by atoms with Gasteiger partial charge in [-0.2, -0.15) is 23.3 Å². The van der Waals surface area contributed by atoms with Crippen LogP contribution in [0.25, 0.3) is 0 Å². The van der Waals surface area contributed by atoms with Crippen molar-refractivity contribution >= 4 is 34.6 Å². The van der Waals surface area contributed by atoms with Crippen molar-refractivity contribution < 1.29 is 18.0 Å². The Morgan fingerprint density at radius 1 is 1.45 bits per heavy atom. The van der Waals surface area contributed by atoms with E-state index in [1.807, 2.05) is 0 Å². The molecule has 0 aliphatic carbocycles. The number of alkyl halides is 3. The minimum Gasteiger partial charge on any atom is -0.374 e. The zero-order valence-electron chi connectivity index (χ0n) is 10.9. The van der Waals surface area contributed by atoms with Gasteiger partial charge in [-0.1, -0.05) is 12.6 Å². The third kappa shape index (κ3) is 3.17. The Labute approximate surface area is 128 Å². The van der Waals surface area contributed by atoms with Gasteiger partial charge in [0.15, 0.2) is 10.8 Å². The Hall–Kier alpha value is -2.62. The van der Waals surface area contributed by atoms with E-state index in [-0.39, 0.29) is 22.2 Å². The number of hydrazone groups is 1. The van der Waals surface area contributed by atoms with Gasteiger partial charge in [-0.05, 0) is 30.4 Å². The highest BCUT2D eigenvalue weighted by molar-refractivity contribution is 7.80. The predicted octanol–water partition coefficient (Wildman–Crippen LogP) is 1.58. The maximum absolute atomic E-state index is 12.6. The predicted molar refractivity (Wildman–Crippen MR) is 78.4 cm³/mol. The summed E-state index contributed by atoms with van der Waals surface area (Å²) in [4.78, 5) is 11.9. The lowest BCUT2D eigenvalue weighted by Crippen LogP contribution is -2.43. The molecule has 2 rings (SSSR count). The van der Waals surface area contributed by atoms with Crippen molar-refractivity contribution in [1.82, 2.24) is 10.4 Å². The summed E-state index contributed by atoms with van der Waals surface area (Å²) in [6.45, 7) is 3.55. The normalized spacial score (nSPS) is 16.9. The zero-order valence-corrected chi connectivity index (χ0v) is 11.8. The van der Waals surface area contributed by atoms with E-state index >= 15 is 0 Å². The zero-order chi connectivity index (χ0) is 16.5. The van der Waals surface area contributed by atoms with Crippen LogP contribution in [-0.4, -0.2) is 21.7 Å². The second-order valence-electron chi connectivity index (χ2n) is 4.22. The SMILES string of the molecule is C=C1NN(C(N)=S)C(=O)C1=NNc1cccc(C(F)(F)F)c1. The molecule has 1 heterocycles. The molecule has 1 aromatic rings. The molecule has 0 saturated carbocycles. The van der Waals surface area contributed by atoms with Crippen LogP contribution in [0.1, 0.15) is 5.56 Å². The lowest BCUT2D eigenvalue weighted by molar-refractivity contribution is -0.137. The number of nitrogens with two attached hydrogens (primary N) is 1. The van der Waals surface area contributed by atoms with Crippen LogP contribution in [0.3, 0.4) is 0 Å². The first-order valence-corrected chi connectivity index (χ1v) is 6.22. The molecular formula is C12H10F3N5OS.